The molecule has 1 rings (SSSR count). The zero-order chi connectivity index (χ0) is 16.4. The first-order chi connectivity index (χ1) is 9.57. The summed E-state index contributed by atoms with van der Waals surface area (Å²) in [5.74, 6) is -1.30. The minimum absolute atomic E-state index is 0.0186. The van der Waals surface area contributed by atoms with E-state index in [4.69, 9.17) is 5.14 Å². The highest BCUT2D eigenvalue weighted by atomic mass is 79.9. The van der Waals surface area contributed by atoms with Crippen molar-refractivity contribution in [3.05, 3.63) is 28.0 Å². The number of nitrogens with two attached hydrogens (primary N) is 1. The van der Waals surface area contributed by atoms with Gasteiger partial charge in [-0.2, -0.15) is 0 Å². The van der Waals surface area contributed by atoms with Crippen molar-refractivity contribution >= 4 is 31.9 Å². The first kappa shape index (κ1) is 18.1. The van der Waals surface area contributed by atoms with Gasteiger partial charge in [-0.1, -0.05) is 20.8 Å². The second-order valence-electron chi connectivity index (χ2n) is 5.04. The minimum atomic E-state index is -4.05. The van der Waals surface area contributed by atoms with Gasteiger partial charge in [0.2, 0.25) is 10.0 Å². The van der Waals surface area contributed by atoms with Crippen LogP contribution in [-0.4, -0.2) is 20.4 Å². The Labute approximate surface area is 132 Å². The molecule has 0 fully saturated rings. The molecule has 0 bridgehead atoms. The molecule has 118 valence electrons. The molecule has 0 aliphatic carbocycles. The van der Waals surface area contributed by atoms with E-state index in [2.05, 4.69) is 21.2 Å². The molecule has 1 aromatic carbocycles. The number of rotatable bonds is 5. The lowest BCUT2D eigenvalue weighted by molar-refractivity contribution is 0.0920. The van der Waals surface area contributed by atoms with Gasteiger partial charge in [-0.15, -0.1) is 0 Å². The standard InChI is InChI=1S/C13H18BrFN2O3S/c1-4-11(7(2)3)17-13(18)8-5-12(21(16,19)20)9(14)6-10(8)15/h5-7,11H,4H2,1-3H3,(H,17,18)(H2,16,19,20). The Morgan fingerprint density at radius 3 is 2.43 bits per heavy atom. The van der Waals surface area contributed by atoms with E-state index in [0.717, 1.165) is 12.1 Å². The third-order valence-electron chi connectivity index (χ3n) is 3.13. The molecule has 1 aromatic rings. The van der Waals surface area contributed by atoms with Crippen molar-refractivity contribution in [3.63, 3.8) is 0 Å². The van der Waals surface area contributed by atoms with E-state index >= 15 is 0 Å². The molecule has 0 aliphatic heterocycles. The quantitative estimate of drug-likeness (QED) is 0.821. The summed E-state index contributed by atoms with van der Waals surface area (Å²) in [6.07, 6.45) is 0.684. The summed E-state index contributed by atoms with van der Waals surface area (Å²) >= 11 is 2.92. The predicted octanol–water partition coefficient (Wildman–Crippen LogP) is 2.40. The molecule has 0 saturated heterocycles. The SMILES string of the molecule is CCC(NC(=O)c1cc(S(N)(=O)=O)c(Br)cc1F)C(C)C. The van der Waals surface area contributed by atoms with Gasteiger partial charge in [0.25, 0.3) is 5.91 Å². The fourth-order valence-corrected chi connectivity index (χ4v) is 3.51. The molecular weight excluding hydrogens is 363 g/mol. The second-order valence-corrected chi connectivity index (χ2v) is 7.42. The van der Waals surface area contributed by atoms with Crippen molar-refractivity contribution in [2.75, 3.05) is 0 Å². The van der Waals surface area contributed by atoms with E-state index in [1.807, 2.05) is 20.8 Å². The molecule has 1 amide bonds. The van der Waals surface area contributed by atoms with Crippen LogP contribution in [0.5, 0.6) is 0 Å². The van der Waals surface area contributed by atoms with Crippen LogP contribution in [-0.2, 0) is 10.0 Å². The molecule has 5 nitrogen and oxygen atoms in total. The third kappa shape index (κ3) is 4.49. The van der Waals surface area contributed by atoms with Crippen LogP contribution in [0, 0.1) is 11.7 Å². The first-order valence-corrected chi connectivity index (χ1v) is 8.74. The molecule has 21 heavy (non-hydrogen) atoms. The molecule has 1 unspecified atom stereocenters. The summed E-state index contributed by atoms with van der Waals surface area (Å²) in [5, 5.41) is 7.73. The number of amides is 1. The van der Waals surface area contributed by atoms with Crippen molar-refractivity contribution < 1.29 is 17.6 Å². The van der Waals surface area contributed by atoms with Crippen molar-refractivity contribution in [3.8, 4) is 0 Å². The molecule has 0 aromatic heterocycles. The molecule has 0 spiro atoms. The number of carbonyl (C=O) groups is 1. The predicted molar refractivity (Wildman–Crippen MR) is 81.9 cm³/mol. The lowest BCUT2D eigenvalue weighted by Crippen LogP contribution is -2.38. The van der Waals surface area contributed by atoms with E-state index in [9.17, 15) is 17.6 Å². The summed E-state index contributed by atoms with van der Waals surface area (Å²) in [5.41, 5.74) is -0.346. The van der Waals surface area contributed by atoms with Crippen LogP contribution in [0.4, 0.5) is 4.39 Å². The fourth-order valence-electron chi connectivity index (χ4n) is 1.91. The number of benzene rings is 1. The maximum absolute atomic E-state index is 13.9. The van der Waals surface area contributed by atoms with Crippen molar-refractivity contribution in [1.82, 2.24) is 5.32 Å². The van der Waals surface area contributed by atoms with E-state index in [1.165, 1.54) is 0 Å². The van der Waals surface area contributed by atoms with Crippen LogP contribution >= 0.6 is 15.9 Å². The van der Waals surface area contributed by atoms with Crippen LogP contribution < -0.4 is 10.5 Å². The van der Waals surface area contributed by atoms with Crippen LogP contribution in [0.1, 0.15) is 37.6 Å². The Morgan fingerprint density at radius 2 is 2.00 bits per heavy atom. The van der Waals surface area contributed by atoms with Crippen LogP contribution in [0.15, 0.2) is 21.5 Å². The van der Waals surface area contributed by atoms with Gasteiger partial charge >= 0.3 is 0 Å². The molecule has 0 heterocycles. The Balaban J connectivity index is 3.22. The molecule has 0 radical (unpaired) electrons. The van der Waals surface area contributed by atoms with Gasteiger partial charge in [-0.05, 0) is 40.4 Å². The largest absolute Gasteiger partial charge is 0.349 e. The summed E-state index contributed by atoms with van der Waals surface area (Å²) in [6, 6.07) is 1.74. The van der Waals surface area contributed by atoms with Crippen LogP contribution in [0.25, 0.3) is 0 Å². The van der Waals surface area contributed by atoms with Crippen molar-refractivity contribution in [2.24, 2.45) is 11.1 Å². The van der Waals surface area contributed by atoms with Crippen LogP contribution in [0.3, 0.4) is 0 Å². The van der Waals surface area contributed by atoms with E-state index in [0.29, 0.717) is 6.42 Å². The Bertz CT molecular complexity index is 647. The summed E-state index contributed by atoms with van der Waals surface area (Å²) in [6.45, 7) is 5.77. The number of carbonyl (C=O) groups excluding carboxylic acids is 1. The molecule has 3 N–H and O–H groups in total. The molecule has 8 heteroatoms. The van der Waals surface area contributed by atoms with Crippen molar-refractivity contribution in [1.29, 1.82) is 0 Å². The molecule has 0 aliphatic rings. The van der Waals surface area contributed by atoms with Gasteiger partial charge in [0, 0.05) is 10.5 Å². The van der Waals surface area contributed by atoms with Gasteiger partial charge in [0.1, 0.15) is 5.82 Å². The zero-order valence-corrected chi connectivity index (χ0v) is 14.4. The summed E-state index contributed by atoms with van der Waals surface area (Å²) in [7, 11) is -4.05. The molecule has 1 atom stereocenters. The van der Waals surface area contributed by atoms with E-state index in [1.54, 1.807) is 0 Å². The lowest BCUT2D eigenvalue weighted by Gasteiger charge is -2.21. The van der Waals surface area contributed by atoms with E-state index in [-0.39, 0.29) is 26.9 Å². The smallest absolute Gasteiger partial charge is 0.254 e. The lowest BCUT2D eigenvalue weighted by atomic mass is 10.0. The second kappa shape index (κ2) is 6.85. The number of hydrogen-bond acceptors (Lipinski definition) is 3. The topological polar surface area (TPSA) is 89.3 Å². The van der Waals surface area contributed by atoms with E-state index < -0.39 is 21.7 Å². The van der Waals surface area contributed by atoms with Crippen LogP contribution in [0.2, 0.25) is 0 Å². The number of hydrogen-bond donors (Lipinski definition) is 2. The number of nitrogens with one attached hydrogen (secondary N) is 1. The monoisotopic (exact) mass is 380 g/mol. The van der Waals surface area contributed by atoms with Gasteiger partial charge in [-0.3, -0.25) is 4.79 Å². The minimum Gasteiger partial charge on any atom is -0.349 e. The fraction of sp³-hybridized carbons (Fsp3) is 0.462. The average molecular weight is 381 g/mol. The highest BCUT2D eigenvalue weighted by Gasteiger charge is 2.22. The average Bonchev–Trinajstić information content (AvgIpc) is 2.33. The number of sulfonamides is 1. The van der Waals surface area contributed by atoms with Crippen molar-refractivity contribution in [2.45, 2.75) is 38.1 Å². The molecular formula is C13H18BrFN2O3S. The Morgan fingerprint density at radius 1 is 1.43 bits per heavy atom. The Hall–Kier alpha value is -0.990. The number of halogens is 2. The summed E-state index contributed by atoms with van der Waals surface area (Å²) < 4.78 is 36.7. The highest BCUT2D eigenvalue weighted by Crippen LogP contribution is 2.25. The number of primary sulfonamides is 1. The maximum atomic E-state index is 13.9. The van der Waals surface area contributed by atoms with Gasteiger partial charge < -0.3 is 5.32 Å². The summed E-state index contributed by atoms with van der Waals surface area (Å²) in [4.78, 5) is 11.8. The zero-order valence-electron chi connectivity index (χ0n) is 12.0. The molecule has 0 saturated carbocycles. The normalized spacial score (nSPS) is 13.3. The van der Waals surface area contributed by atoms with Gasteiger partial charge in [-0.25, -0.2) is 17.9 Å². The van der Waals surface area contributed by atoms with Gasteiger partial charge in [0.05, 0.1) is 10.5 Å². The third-order valence-corrected chi connectivity index (χ3v) is 5.00. The first-order valence-electron chi connectivity index (χ1n) is 6.40. The highest BCUT2D eigenvalue weighted by molar-refractivity contribution is 9.10. The Kier molecular flexibility index (Phi) is 5.89. The van der Waals surface area contributed by atoms with Gasteiger partial charge in [0.15, 0.2) is 0 Å². The maximum Gasteiger partial charge on any atom is 0.254 e.